The Kier molecular flexibility index (Phi) is 6.14. The second-order valence-corrected chi connectivity index (χ2v) is 6.24. The first-order valence-corrected chi connectivity index (χ1v) is 9.08. The van der Waals surface area contributed by atoms with Gasteiger partial charge in [0.05, 0.1) is 6.20 Å². The minimum Gasteiger partial charge on any atom is -0.369 e. The van der Waals surface area contributed by atoms with E-state index < -0.39 is 0 Å². The minimum atomic E-state index is 0.617. The summed E-state index contributed by atoms with van der Waals surface area (Å²) in [6, 6.07) is 18.8. The van der Waals surface area contributed by atoms with Crippen LogP contribution in [0.25, 0.3) is 0 Å². The molecule has 0 radical (unpaired) electrons. The summed E-state index contributed by atoms with van der Waals surface area (Å²) < 4.78 is 0. The molecule has 0 saturated carbocycles. The van der Waals surface area contributed by atoms with Gasteiger partial charge >= 0.3 is 0 Å². The average molecular weight is 347 g/mol. The molecule has 0 spiro atoms. The number of nitrogens with one attached hydrogen (secondary N) is 1. The first kappa shape index (κ1) is 17.9. The molecule has 3 aromatic rings. The highest BCUT2D eigenvalue weighted by atomic mass is 15.3. The molecular weight excluding hydrogens is 322 g/mol. The van der Waals surface area contributed by atoms with Crippen LogP contribution in [0.3, 0.4) is 0 Å². The van der Waals surface area contributed by atoms with Gasteiger partial charge in [-0.3, -0.25) is 0 Å². The molecule has 0 unspecified atom stereocenters. The largest absolute Gasteiger partial charge is 0.369 e. The molecule has 0 amide bonds. The third kappa shape index (κ3) is 4.79. The van der Waals surface area contributed by atoms with Crippen molar-refractivity contribution in [1.29, 1.82) is 0 Å². The third-order valence-electron chi connectivity index (χ3n) is 4.21. The maximum atomic E-state index is 4.64. The number of nitrogens with zero attached hydrogens (tertiary/aromatic N) is 4. The van der Waals surface area contributed by atoms with Crippen molar-refractivity contribution in [3.63, 3.8) is 0 Å². The average Bonchev–Trinajstić information content (AvgIpc) is 2.67. The SMILES string of the molecule is CCN(c1cccc(C)c1)c1nncc(NCCCc2ccccc2)n1. The quantitative estimate of drug-likeness (QED) is 0.613. The summed E-state index contributed by atoms with van der Waals surface area (Å²) in [4.78, 5) is 6.70. The number of aromatic nitrogens is 3. The summed E-state index contributed by atoms with van der Waals surface area (Å²) in [5.41, 5.74) is 3.65. The molecule has 3 rings (SSSR count). The van der Waals surface area contributed by atoms with Crippen molar-refractivity contribution in [3.05, 3.63) is 71.9 Å². The lowest BCUT2D eigenvalue weighted by atomic mass is 10.1. The van der Waals surface area contributed by atoms with Crippen molar-refractivity contribution in [3.8, 4) is 0 Å². The maximum absolute atomic E-state index is 4.64. The van der Waals surface area contributed by atoms with E-state index in [-0.39, 0.29) is 0 Å². The fourth-order valence-electron chi connectivity index (χ4n) is 2.88. The highest BCUT2D eigenvalue weighted by molar-refractivity contribution is 5.58. The van der Waals surface area contributed by atoms with E-state index >= 15 is 0 Å². The first-order chi connectivity index (χ1) is 12.8. The van der Waals surface area contributed by atoms with E-state index in [2.05, 4.69) is 81.7 Å². The van der Waals surface area contributed by atoms with Crippen LogP contribution in [0.4, 0.5) is 17.5 Å². The van der Waals surface area contributed by atoms with Crippen molar-refractivity contribution in [2.45, 2.75) is 26.7 Å². The second-order valence-electron chi connectivity index (χ2n) is 6.24. The molecule has 0 aliphatic heterocycles. The van der Waals surface area contributed by atoms with Crippen molar-refractivity contribution < 1.29 is 0 Å². The van der Waals surface area contributed by atoms with Gasteiger partial charge < -0.3 is 10.2 Å². The van der Waals surface area contributed by atoms with Gasteiger partial charge in [-0.2, -0.15) is 10.1 Å². The molecule has 1 heterocycles. The summed E-state index contributed by atoms with van der Waals surface area (Å²) in [5, 5.41) is 11.7. The fourth-order valence-corrected chi connectivity index (χ4v) is 2.88. The number of rotatable bonds is 8. The predicted molar refractivity (Wildman–Crippen MR) is 107 cm³/mol. The topological polar surface area (TPSA) is 53.9 Å². The predicted octanol–water partition coefficient (Wildman–Crippen LogP) is 4.38. The van der Waals surface area contributed by atoms with Crippen molar-refractivity contribution in [1.82, 2.24) is 15.2 Å². The molecule has 1 aromatic heterocycles. The lowest BCUT2D eigenvalue weighted by molar-refractivity contribution is 0.843. The molecule has 134 valence electrons. The van der Waals surface area contributed by atoms with E-state index in [0.717, 1.165) is 37.4 Å². The molecule has 26 heavy (non-hydrogen) atoms. The van der Waals surface area contributed by atoms with E-state index in [4.69, 9.17) is 0 Å². The molecule has 5 nitrogen and oxygen atoms in total. The molecule has 2 aromatic carbocycles. The lowest BCUT2D eigenvalue weighted by Gasteiger charge is -2.21. The second kappa shape index (κ2) is 8.94. The van der Waals surface area contributed by atoms with Gasteiger partial charge in [0, 0.05) is 18.8 Å². The molecular formula is C21H25N5. The molecule has 0 atom stereocenters. The van der Waals surface area contributed by atoms with Gasteiger partial charge in [0.2, 0.25) is 0 Å². The van der Waals surface area contributed by atoms with E-state index in [1.807, 2.05) is 12.1 Å². The van der Waals surface area contributed by atoms with Gasteiger partial charge in [-0.05, 0) is 49.9 Å². The Morgan fingerprint density at radius 3 is 2.65 bits per heavy atom. The molecule has 0 fully saturated rings. The summed E-state index contributed by atoms with van der Waals surface area (Å²) in [7, 11) is 0. The van der Waals surface area contributed by atoms with Crippen LogP contribution in [-0.2, 0) is 6.42 Å². The first-order valence-electron chi connectivity index (χ1n) is 9.08. The normalized spacial score (nSPS) is 10.5. The van der Waals surface area contributed by atoms with Gasteiger partial charge in [0.1, 0.15) is 0 Å². The Bertz CT molecular complexity index is 819. The van der Waals surface area contributed by atoms with Gasteiger partial charge in [-0.1, -0.05) is 42.5 Å². The van der Waals surface area contributed by atoms with Gasteiger partial charge in [-0.25, -0.2) is 0 Å². The Hall–Kier alpha value is -2.95. The number of hydrogen-bond acceptors (Lipinski definition) is 5. The van der Waals surface area contributed by atoms with Gasteiger partial charge in [0.25, 0.3) is 5.95 Å². The molecule has 0 aliphatic carbocycles. The number of hydrogen-bond donors (Lipinski definition) is 1. The molecule has 0 saturated heterocycles. The Labute approximate surface area is 155 Å². The summed E-state index contributed by atoms with van der Waals surface area (Å²) >= 11 is 0. The van der Waals surface area contributed by atoms with Crippen LogP contribution in [-0.4, -0.2) is 28.3 Å². The summed E-state index contributed by atoms with van der Waals surface area (Å²) in [5.74, 6) is 1.38. The van der Waals surface area contributed by atoms with E-state index in [1.54, 1.807) is 6.20 Å². The smallest absolute Gasteiger partial charge is 0.251 e. The van der Waals surface area contributed by atoms with Crippen molar-refractivity contribution >= 4 is 17.5 Å². The Balaban J connectivity index is 1.62. The number of anilines is 3. The van der Waals surface area contributed by atoms with Gasteiger partial charge in [-0.15, -0.1) is 5.10 Å². The monoisotopic (exact) mass is 347 g/mol. The van der Waals surface area contributed by atoms with Crippen LogP contribution in [0.5, 0.6) is 0 Å². The van der Waals surface area contributed by atoms with E-state index in [0.29, 0.717) is 5.95 Å². The van der Waals surface area contributed by atoms with Crippen LogP contribution >= 0.6 is 0 Å². The zero-order chi connectivity index (χ0) is 18.2. The Morgan fingerprint density at radius 2 is 1.88 bits per heavy atom. The van der Waals surface area contributed by atoms with Gasteiger partial charge in [0.15, 0.2) is 5.82 Å². The van der Waals surface area contributed by atoms with Crippen LogP contribution < -0.4 is 10.2 Å². The molecule has 0 aliphatic rings. The number of aryl methyl sites for hydroxylation is 2. The van der Waals surface area contributed by atoms with Crippen LogP contribution in [0.2, 0.25) is 0 Å². The minimum absolute atomic E-state index is 0.617. The van der Waals surface area contributed by atoms with E-state index in [1.165, 1.54) is 11.1 Å². The Morgan fingerprint density at radius 1 is 1.04 bits per heavy atom. The fraction of sp³-hybridized carbons (Fsp3) is 0.286. The standard InChI is InChI=1S/C21H25N5/c1-3-26(19-13-7-9-17(2)15-19)21-24-20(16-23-25-21)22-14-8-12-18-10-5-4-6-11-18/h4-7,9-11,13,15-16H,3,8,12,14H2,1-2H3,(H,22,24,25). The molecule has 0 bridgehead atoms. The summed E-state index contributed by atoms with van der Waals surface area (Å²) in [6.45, 7) is 5.80. The van der Waals surface area contributed by atoms with Crippen LogP contribution in [0.15, 0.2) is 60.8 Å². The highest BCUT2D eigenvalue weighted by Gasteiger charge is 2.11. The maximum Gasteiger partial charge on any atom is 0.251 e. The lowest BCUT2D eigenvalue weighted by Crippen LogP contribution is -2.20. The number of benzene rings is 2. The van der Waals surface area contributed by atoms with Crippen LogP contribution in [0.1, 0.15) is 24.5 Å². The van der Waals surface area contributed by atoms with E-state index in [9.17, 15) is 0 Å². The van der Waals surface area contributed by atoms with Crippen LogP contribution in [0, 0.1) is 6.92 Å². The molecule has 5 heteroatoms. The molecule has 1 N–H and O–H groups in total. The van der Waals surface area contributed by atoms with Crippen molar-refractivity contribution in [2.24, 2.45) is 0 Å². The summed E-state index contributed by atoms with van der Waals surface area (Å²) in [6.07, 6.45) is 3.76. The van der Waals surface area contributed by atoms with Crippen molar-refractivity contribution in [2.75, 3.05) is 23.3 Å². The zero-order valence-corrected chi connectivity index (χ0v) is 15.4. The third-order valence-corrected chi connectivity index (χ3v) is 4.21. The highest BCUT2D eigenvalue weighted by Crippen LogP contribution is 2.22. The zero-order valence-electron chi connectivity index (χ0n) is 15.4.